The van der Waals surface area contributed by atoms with Crippen LogP contribution in [-0.4, -0.2) is 4.57 Å². The van der Waals surface area contributed by atoms with Crippen LogP contribution in [0.5, 0.6) is 0 Å². The van der Waals surface area contributed by atoms with Crippen molar-refractivity contribution in [2.24, 2.45) is 5.73 Å². The molecule has 0 aliphatic carbocycles. The Kier molecular flexibility index (Phi) is 3.23. The van der Waals surface area contributed by atoms with E-state index in [-0.39, 0.29) is 0 Å². The fourth-order valence-corrected chi connectivity index (χ4v) is 1.99. The van der Waals surface area contributed by atoms with Gasteiger partial charge in [-0.15, -0.1) is 0 Å². The Bertz CT molecular complexity index is 519. The SMILES string of the molecule is N#CCCCn1ccc2c(CN)cccc21. The average molecular weight is 213 g/mol. The van der Waals surface area contributed by atoms with E-state index in [2.05, 4.69) is 35.0 Å². The van der Waals surface area contributed by atoms with Gasteiger partial charge >= 0.3 is 0 Å². The summed E-state index contributed by atoms with van der Waals surface area (Å²) < 4.78 is 2.19. The minimum Gasteiger partial charge on any atom is -0.347 e. The van der Waals surface area contributed by atoms with Gasteiger partial charge in [0.25, 0.3) is 0 Å². The summed E-state index contributed by atoms with van der Waals surface area (Å²) in [5, 5.41) is 9.74. The van der Waals surface area contributed by atoms with Crippen molar-refractivity contribution in [1.29, 1.82) is 5.26 Å². The van der Waals surface area contributed by atoms with Crippen LogP contribution in [0.4, 0.5) is 0 Å². The van der Waals surface area contributed by atoms with Crippen LogP contribution < -0.4 is 5.73 Å². The van der Waals surface area contributed by atoms with Crippen molar-refractivity contribution in [3.8, 4) is 6.07 Å². The molecule has 0 atom stereocenters. The third kappa shape index (κ3) is 1.93. The largest absolute Gasteiger partial charge is 0.347 e. The number of fused-ring (bicyclic) bond motifs is 1. The number of rotatable bonds is 4. The maximum atomic E-state index is 8.51. The van der Waals surface area contributed by atoms with Gasteiger partial charge < -0.3 is 10.3 Å². The third-order valence-corrected chi connectivity index (χ3v) is 2.81. The van der Waals surface area contributed by atoms with Crippen molar-refractivity contribution < 1.29 is 0 Å². The highest BCUT2D eigenvalue weighted by molar-refractivity contribution is 5.83. The summed E-state index contributed by atoms with van der Waals surface area (Å²) in [6, 6.07) is 10.5. The smallest absolute Gasteiger partial charge is 0.0622 e. The van der Waals surface area contributed by atoms with Crippen LogP contribution in [0.25, 0.3) is 10.9 Å². The van der Waals surface area contributed by atoms with Crippen molar-refractivity contribution >= 4 is 10.9 Å². The topological polar surface area (TPSA) is 54.7 Å². The second-order valence-electron chi connectivity index (χ2n) is 3.82. The fraction of sp³-hybridized carbons (Fsp3) is 0.308. The van der Waals surface area contributed by atoms with Gasteiger partial charge in [-0.1, -0.05) is 12.1 Å². The molecule has 2 N–H and O–H groups in total. The summed E-state index contributed by atoms with van der Waals surface area (Å²) in [6.07, 6.45) is 3.57. The zero-order chi connectivity index (χ0) is 11.4. The normalized spacial score (nSPS) is 10.5. The van der Waals surface area contributed by atoms with E-state index in [0.717, 1.165) is 13.0 Å². The van der Waals surface area contributed by atoms with Crippen LogP contribution in [0.3, 0.4) is 0 Å². The van der Waals surface area contributed by atoms with E-state index in [0.29, 0.717) is 13.0 Å². The van der Waals surface area contributed by atoms with E-state index in [1.807, 2.05) is 6.07 Å². The number of benzene rings is 1. The summed E-state index contributed by atoms with van der Waals surface area (Å²) in [4.78, 5) is 0. The molecular formula is C13H15N3. The lowest BCUT2D eigenvalue weighted by Crippen LogP contribution is -1.98. The first-order chi connectivity index (χ1) is 7.86. The lowest BCUT2D eigenvalue weighted by molar-refractivity contribution is 0.674. The maximum Gasteiger partial charge on any atom is 0.0622 e. The first kappa shape index (κ1) is 10.7. The summed E-state index contributed by atoms with van der Waals surface area (Å²) in [6.45, 7) is 1.46. The molecule has 0 saturated heterocycles. The van der Waals surface area contributed by atoms with Crippen LogP contribution in [0.15, 0.2) is 30.5 Å². The molecular weight excluding hydrogens is 198 g/mol. The van der Waals surface area contributed by atoms with Crippen LogP contribution >= 0.6 is 0 Å². The maximum absolute atomic E-state index is 8.51. The molecule has 0 aliphatic heterocycles. The molecule has 1 aromatic heterocycles. The number of aromatic nitrogens is 1. The predicted molar refractivity (Wildman–Crippen MR) is 64.7 cm³/mol. The zero-order valence-electron chi connectivity index (χ0n) is 9.19. The lowest BCUT2D eigenvalue weighted by atomic mass is 10.1. The molecule has 0 amide bonds. The Labute approximate surface area is 95.1 Å². The van der Waals surface area contributed by atoms with Gasteiger partial charge in [-0.2, -0.15) is 5.26 Å². The highest BCUT2D eigenvalue weighted by atomic mass is 14.9. The zero-order valence-corrected chi connectivity index (χ0v) is 9.19. The molecule has 2 rings (SSSR count). The van der Waals surface area contributed by atoms with E-state index in [1.54, 1.807) is 0 Å². The van der Waals surface area contributed by atoms with Gasteiger partial charge in [0.15, 0.2) is 0 Å². The highest BCUT2D eigenvalue weighted by Crippen LogP contribution is 2.20. The molecule has 82 valence electrons. The van der Waals surface area contributed by atoms with Crippen molar-refractivity contribution in [2.45, 2.75) is 25.9 Å². The van der Waals surface area contributed by atoms with E-state index in [4.69, 9.17) is 11.0 Å². The summed E-state index contributed by atoms with van der Waals surface area (Å²) >= 11 is 0. The van der Waals surface area contributed by atoms with Gasteiger partial charge in [-0.3, -0.25) is 0 Å². The van der Waals surface area contributed by atoms with Crippen LogP contribution in [0.2, 0.25) is 0 Å². The van der Waals surface area contributed by atoms with Gasteiger partial charge in [-0.25, -0.2) is 0 Å². The van der Waals surface area contributed by atoms with Crippen molar-refractivity contribution in [2.75, 3.05) is 0 Å². The second-order valence-corrected chi connectivity index (χ2v) is 3.82. The van der Waals surface area contributed by atoms with Crippen LogP contribution in [0.1, 0.15) is 18.4 Å². The molecule has 0 bridgehead atoms. The Morgan fingerprint density at radius 1 is 1.31 bits per heavy atom. The van der Waals surface area contributed by atoms with Gasteiger partial charge in [0, 0.05) is 36.6 Å². The van der Waals surface area contributed by atoms with E-state index in [1.165, 1.54) is 16.5 Å². The Balaban J connectivity index is 2.31. The summed E-state index contributed by atoms with van der Waals surface area (Å²) in [5.41, 5.74) is 8.08. The number of nitriles is 1. The number of nitrogens with two attached hydrogens (primary N) is 1. The minimum absolute atomic E-state index is 0.569. The molecule has 2 aromatic rings. The van der Waals surface area contributed by atoms with Crippen molar-refractivity contribution in [3.63, 3.8) is 0 Å². The average Bonchev–Trinajstić information content (AvgIpc) is 2.73. The molecule has 0 radical (unpaired) electrons. The Morgan fingerprint density at radius 2 is 2.19 bits per heavy atom. The Morgan fingerprint density at radius 3 is 2.94 bits per heavy atom. The quantitative estimate of drug-likeness (QED) is 0.793. The molecule has 3 heteroatoms. The molecule has 0 fully saturated rings. The second kappa shape index (κ2) is 4.82. The third-order valence-electron chi connectivity index (χ3n) is 2.81. The number of unbranched alkanes of at least 4 members (excludes halogenated alkanes) is 1. The molecule has 0 spiro atoms. The van der Waals surface area contributed by atoms with E-state index in [9.17, 15) is 0 Å². The Hall–Kier alpha value is -1.79. The summed E-state index contributed by atoms with van der Waals surface area (Å²) in [5.74, 6) is 0. The van der Waals surface area contributed by atoms with E-state index < -0.39 is 0 Å². The van der Waals surface area contributed by atoms with Crippen molar-refractivity contribution in [1.82, 2.24) is 4.57 Å². The first-order valence-electron chi connectivity index (χ1n) is 5.50. The standard InChI is InChI=1S/C13H15N3/c14-7-1-2-8-16-9-6-12-11(10-15)4-3-5-13(12)16/h3-6,9H,1-2,8,10,15H2. The number of hydrogen-bond donors (Lipinski definition) is 1. The van der Waals surface area contributed by atoms with Crippen LogP contribution in [0, 0.1) is 11.3 Å². The van der Waals surface area contributed by atoms with E-state index >= 15 is 0 Å². The molecule has 16 heavy (non-hydrogen) atoms. The number of nitrogens with zero attached hydrogens (tertiary/aromatic N) is 2. The fourth-order valence-electron chi connectivity index (χ4n) is 1.99. The van der Waals surface area contributed by atoms with Crippen molar-refractivity contribution in [3.05, 3.63) is 36.0 Å². The predicted octanol–water partition coefficient (Wildman–Crippen LogP) is 2.40. The number of aryl methyl sites for hydroxylation is 1. The first-order valence-corrected chi connectivity index (χ1v) is 5.50. The highest BCUT2D eigenvalue weighted by Gasteiger charge is 2.03. The van der Waals surface area contributed by atoms with Gasteiger partial charge in [0.1, 0.15) is 0 Å². The minimum atomic E-state index is 0.569. The molecule has 1 aromatic carbocycles. The van der Waals surface area contributed by atoms with Gasteiger partial charge in [0.2, 0.25) is 0 Å². The van der Waals surface area contributed by atoms with Gasteiger partial charge in [-0.05, 0) is 24.1 Å². The summed E-state index contributed by atoms with van der Waals surface area (Å²) in [7, 11) is 0. The van der Waals surface area contributed by atoms with Gasteiger partial charge in [0.05, 0.1) is 6.07 Å². The molecule has 1 heterocycles. The molecule has 0 unspecified atom stereocenters. The lowest BCUT2D eigenvalue weighted by Gasteiger charge is -2.04. The van der Waals surface area contributed by atoms with Crippen LogP contribution in [-0.2, 0) is 13.1 Å². The molecule has 0 aliphatic rings. The number of hydrogen-bond acceptors (Lipinski definition) is 2. The molecule has 3 nitrogen and oxygen atoms in total. The monoisotopic (exact) mass is 213 g/mol. The molecule has 0 saturated carbocycles.